The lowest BCUT2D eigenvalue weighted by atomic mass is 9.99. The van der Waals surface area contributed by atoms with Gasteiger partial charge in [-0.3, -0.25) is 4.79 Å². The van der Waals surface area contributed by atoms with Crippen molar-refractivity contribution < 1.29 is 23.8 Å². The van der Waals surface area contributed by atoms with E-state index < -0.39 is 12.3 Å². The predicted molar refractivity (Wildman–Crippen MR) is 67.0 cm³/mol. The fourth-order valence-electron chi connectivity index (χ4n) is 2.40. The smallest absolute Gasteiger partial charge is 0.337 e. The number of hydrogen-bond donors (Lipinski definition) is 0. The van der Waals surface area contributed by atoms with Gasteiger partial charge >= 0.3 is 5.97 Å². The van der Waals surface area contributed by atoms with Crippen molar-refractivity contribution in [3.8, 4) is 0 Å². The SMILES string of the molecule is COC(=O)c1cc2c(c(C(OC)OC)c1)CC(=O)C2. The Balaban J connectivity index is 2.54. The summed E-state index contributed by atoms with van der Waals surface area (Å²) >= 11 is 0. The Morgan fingerprint density at radius 1 is 1.16 bits per heavy atom. The molecular formula is C14H16O5. The molecule has 1 aliphatic carbocycles. The first-order chi connectivity index (χ1) is 9.10. The van der Waals surface area contributed by atoms with Crippen molar-refractivity contribution >= 4 is 11.8 Å². The van der Waals surface area contributed by atoms with Gasteiger partial charge in [0.15, 0.2) is 6.29 Å². The molecule has 1 aromatic rings. The minimum atomic E-state index is -0.593. The van der Waals surface area contributed by atoms with E-state index in [2.05, 4.69) is 0 Å². The van der Waals surface area contributed by atoms with E-state index in [1.807, 2.05) is 0 Å². The lowest BCUT2D eigenvalue weighted by Crippen LogP contribution is -2.10. The molecule has 2 rings (SSSR count). The Morgan fingerprint density at radius 3 is 2.42 bits per heavy atom. The molecule has 5 heteroatoms. The van der Waals surface area contributed by atoms with Gasteiger partial charge in [0, 0.05) is 32.6 Å². The molecule has 0 saturated carbocycles. The number of methoxy groups -OCH3 is 3. The van der Waals surface area contributed by atoms with Crippen molar-refractivity contribution in [2.75, 3.05) is 21.3 Å². The normalized spacial score (nSPS) is 13.8. The quantitative estimate of drug-likeness (QED) is 0.608. The molecule has 0 bridgehead atoms. The Morgan fingerprint density at radius 2 is 1.84 bits per heavy atom. The summed E-state index contributed by atoms with van der Waals surface area (Å²) in [6.45, 7) is 0. The molecule has 0 heterocycles. The van der Waals surface area contributed by atoms with Gasteiger partial charge in [-0.2, -0.15) is 0 Å². The minimum Gasteiger partial charge on any atom is -0.465 e. The molecule has 0 saturated heterocycles. The number of rotatable bonds is 4. The number of carbonyl (C=O) groups is 2. The molecule has 0 spiro atoms. The van der Waals surface area contributed by atoms with Crippen molar-refractivity contribution in [3.05, 3.63) is 34.4 Å². The lowest BCUT2D eigenvalue weighted by Gasteiger charge is -2.18. The van der Waals surface area contributed by atoms with E-state index in [0.717, 1.165) is 11.1 Å². The summed E-state index contributed by atoms with van der Waals surface area (Å²) in [5.41, 5.74) is 2.87. The van der Waals surface area contributed by atoms with Gasteiger partial charge in [-0.25, -0.2) is 4.79 Å². The number of hydrogen-bond acceptors (Lipinski definition) is 5. The molecule has 0 aliphatic heterocycles. The summed E-state index contributed by atoms with van der Waals surface area (Å²) in [4.78, 5) is 23.3. The Hall–Kier alpha value is -1.72. The first-order valence-electron chi connectivity index (χ1n) is 5.92. The molecular weight excluding hydrogens is 248 g/mol. The summed E-state index contributed by atoms with van der Waals surface area (Å²) in [5.74, 6) is -0.307. The average molecular weight is 264 g/mol. The number of Topliss-reactive ketones (excluding diaryl/α,β-unsaturated/α-hetero) is 1. The molecule has 0 radical (unpaired) electrons. The Labute approximate surface area is 111 Å². The van der Waals surface area contributed by atoms with Crippen LogP contribution in [0.15, 0.2) is 12.1 Å². The molecule has 0 N–H and O–H groups in total. The van der Waals surface area contributed by atoms with Gasteiger partial charge in [0.25, 0.3) is 0 Å². The second-order valence-electron chi connectivity index (χ2n) is 4.39. The highest BCUT2D eigenvalue weighted by Gasteiger charge is 2.27. The van der Waals surface area contributed by atoms with Crippen LogP contribution in [0.1, 0.15) is 33.3 Å². The summed E-state index contributed by atoms with van der Waals surface area (Å²) in [7, 11) is 4.36. The molecule has 1 aliphatic rings. The maximum Gasteiger partial charge on any atom is 0.337 e. The Kier molecular flexibility index (Phi) is 3.97. The van der Waals surface area contributed by atoms with Crippen molar-refractivity contribution in [1.82, 2.24) is 0 Å². The Bertz CT molecular complexity index is 517. The van der Waals surface area contributed by atoms with Gasteiger partial charge in [-0.05, 0) is 23.3 Å². The van der Waals surface area contributed by atoms with Crippen LogP contribution in [0.4, 0.5) is 0 Å². The van der Waals surface area contributed by atoms with Crippen molar-refractivity contribution in [2.24, 2.45) is 0 Å². The van der Waals surface area contributed by atoms with Crippen molar-refractivity contribution in [1.29, 1.82) is 0 Å². The second-order valence-corrected chi connectivity index (χ2v) is 4.39. The first-order valence-corrected chi connectivity index (χ1v) is 5.92. The maximum absolute atomic E-state index is 11.7. The number of benzene rings is 1. The number of carbonyl (C=O) groups excluding carboxylic acids is 2. The van der Waals surface area contributed by atoms with Crippen LogP contribution in [0.5, 0.6) is 0 Å². The van der Waals surface area contributed by atoms with Crippen LogP contribution in [0.2, 0.25) is 0 Å². The highest BCUT2D eigenvalue weighted by Crippen LogP contribution is 2.31. The van der Waals surface area contributed by atoms with Crippen LogP contribution in [0, 0.1) is 0 Å². The number of fused-ring (bicyclic) bond motifs is 1. The molecule has 0 aromatic heterocycles. The average Bonchev–Trinajstić information content (AvgIpc) is 2.79. The molecule has 5 nitrogen and oxygen atoms in total. The topological polar surface area (TPSA) is 61.8 Å². The van der Waals surface area contributed by atoms with E-state index in [1.165, 1.54) is 21.3 Å². The zero-order chi connectivity index (χ0) is 14.0. The van der Waals surface area contributed by atoms with Crippen LogP contribution in [0.25, 0.3) is 0 Å². The van der Waals surface area contributed by atoms with Crippen LogP contribution in [-0.2, 0) is 31.8 Å². The van der Waals surface area contributed by atoms with Gasteiger partial charge < -0.3 is 14.2 Å². The molecule has 0 unspecified atom stereocenters. The lowest BCUT2D eigenvalue weighted by molar-refractivity contribution is -0.117. The number of ketones is 1. The van der Waals surface area contributed by atoms with Crippen LogP contribution in [0.3, 0.4) is 0 Å². The number of esters is 1. The van der Waals surface area contributed by atoms with Gasteiger partial charge in [0.05, 0.1) is 12.7 Å². The van der Waals surface area contributed by atoms with E-state index in [4.69, 9.17) is 14.2 Å². The number of ether oxygens (including phenoxy) is 3. The van der Waals surface area contributed by atoms with Crippen LogP contribution in [-0.4, -0.2) is 33.1 Å². The van der Waals surface area contributed by atoms with Gasteiger partial charge in [-0.1, -0.05) is 0 Å². The van der Waals surface area contributed by atoms with E-state index in [9.17, 15) is 9.59 Å². The molecule has 19 heavy (non-hydrogen) atoms. The van der Waals surface area contributed by atoms with Crippen LogP contribution >= 0.6 is 0 Å². The summed E-state index contributed by atoms with van der Waals surface area (Å²) in [6, 6.07) is 3.37. The fourth-order valence-corrected chi connectivity index (χ4v) is 2.40. The van der Waals surface area contributed by atoms with Gasteiger partial charge in [0.2, 0.25) is 0 Å². The van der Waals surface area contributed by atoms with E-state index in [0.29, 0.717) is 24.0 Å². The minimum absolute atomic E-state index is 0.129. The standard InChI is InChI=1S/C14H16O5/c1-17-13(16)9-4-8-5-10(15)7-11(8)12(6-9)14(18-2)19-3/h4,6,14H,5,7H2,1-3H3. The largest absolute Gasteiger partial charge is 0.465 e. The van der Waals surface area contributed by atoms with Gasteiger partial charge in [-0.15, -0.1) is 0 Å². The van der Waals surface area contributed by atoms with Crippen molar-refractivity contribution in [2.45, 2.75) is 19.1 Å². The zero-order valence-corrected chi connectivity index (χ0v) is 11.2. The molecule has 1 aromatic carbocycles. The highest BCUT2D eigenvalue weighted by molar-refractivity contribution is 5.93. The molecule has 0 atom stereocenters. The summed E-state index contributed by atoms with van der Waals surface area (Å²) in [6.07, 6.45) is 0.104. The van der Waals surface area contributed by atoms with Crippen molar-refractivity contribution in [3.63, 3.8) is 0 Å². The monoisotopic (exact) mass is 264 g/mol. The fraction of sp³-hybridized carbons (Fsp3) is 0.429. The van der Waals surface area contributed by atoms with E-state index in [1.54, 1.807) is 12.1 Å². The molecule has 102 valence electrons. The third-order valence-corrected chi connectivity index (χ3v) is 3.24. The second kappa shape index (κ2) is 5.50. The molecule has 0 fully saturated rings. The van der Waals surface area contributed by atoms with E-state index >= 15 is 0 Å². The van der Waals surface area contributed by atoms with Gasteiger partial charge in [0.1, 0.15) is 5.78 Å². The first kappa shape index (κ1) is 13.7. The summed E-state index contributed by atoms with van der Waals surface area (Å²) in [5, 5.41) is 0. The maximum atomic E-state index is 11.7. The third kappa shape index (κ3) is 2.52. The third-order valence-electron chi connectivity index (χ3n) is 3.24. The molecule has 0 amide bonds. The van der Waals surface area contributed by atoms with Crippen LogP contribution < -0.4 is 0 Å². The zero-order valence-electron chi connectivity index (χ0n) is 11.2. The van der Waals surface area contributed by atoms with E-state index in [-0.39, 0.29) is 5.78 Å². The highest BCUT2D eigenvalue weighted by atomic mass is 16.7. The predicted octanol–water partition coefficient (Wildman–Crippen LogP) is 1.43. The summed E-state index contributed by atoms with van der Waals surface area (Å²) < 4.78 is 15.2.